The predicted molar refractivity (Wildman–Crippen MR) is 119 cm³/mol. The first-order valence-electron chi connectivity index (χ1n) is 10.7. The molecule has 3 aromatic rings. The molecule has 0 saturated carbocycles. The highest BCUT2D eigenvalue weighted by Gasteiger charge is 2.47. The van der Waals surface area contributed by atoms with Crippen LogP contribution in [0.4, 0.5) is 0 Å². The molecule has 33 heavy (non-hydrogen) atoms. The summed E-state index contributed by atoms with van der Waals surface area (Å²) >= 11 is 0. The van der Waals surface area contributed by atoms with Crippen LogP contribution in [0.5, 0.6) is 5.75 Å². The van der Waals surface area contributed by atoms with Crippen molar-refractivity contribution in [3.05, 3.63) is 77.4 Å². The third-order valence-electron chi connectivity index (χ3n) is 6.10. The fraction of sp³-hybridized carbons (Fsp3) is 0.200. The maximum atomic E-state index is 13.2. The SMILES string of the molecule is NN1C(=O)CCC(N2C(=O)c3cccc(OCCc4ccc5ccccc5c4)c3C2=O)C1=O. The molecule has 0 aromatic heterocycles. The van der Waals surface area contributed by atoms with Gasteiger partial charge in [-0.25, -0.2) is 10.9 Å². The van der Waals surface area contributed by atoms with Gasteiger partial charge >= 0.3 is 0 Å². The van der Waals surface area contributed by atoms with Crippen molar-refractivity contribution in [2.24, 2.45) is 5.84 Å². The van der Waals surface area contributed by atoms with Crippen molar-refractivity contribution in [2.45, 2.75) is 25.3 Å². The van der Waals surface area contributed by atoms with Crippen molar-refractivity contribution in [3.63, 3.8) is 0 Å². The predicted octanol–water partition coefficient (Wildman–Crippen LogP) is 2.45. The summed E-state index contributed by atoms with van der Waals surface area (Å²) in [7, 11) is 0. The lowest BCUT2D eigenvalue weighted by Crippen LogP contribution is -2.58. The van der Waals surface area contributed by atoms with Crippen molar-refractivity contribution in [2.75, 3.05) is 6.61 Å². The minimum atomic E-state index is -1.11. The maximum absolute atomic E-state index is 13.2. The Morgan fingerprint density at radius 1 is 0.909 bits per heavy atom. The van der Waals surface area contributed by atoms with Gasteiger partial charge in [-0.05, 0) is 34.9 Å². The van der Waals surface area contributed by atoms with Crippen LogP contribution in [0.2, 0.25) is 0 Å². The summed E-state index contributed by atoms with van der Waals surface area (Å²) < 4.78 is 5.91. The van der Waals surface area contributed by atoms with E-state index in [9.17, 15) is 19.2 Å². The van der Waals surface area contributed by atoms with E-state index in [4.69, 9.17) is 10.6 Å². The van der Waals surface area contributed by atoms with E-state index >= 15 is 0 Å². The molecule has 2 aliphatic heterocycles. The third-order valence-corrected chi connectivity index (χ3v) is 6.10. The topological polar surface area (TPSA) is 110 Å². The summed E-state index contributed by atoms with van der Waals surface area (Å²) in [5.41, 5.74) is 1.40. The van der Waals surface area contributed by atoms with Gasteiger partial charge in [0.25, 0.3) is 17.7 Å². The van der Waals surface area contributed by atoms with Crippen molar-refractivity contribution >= 4 is 34.4 Å². The Bertz CT molecular complexity index is 1320. The molecule has 0 radical (unpaired) electrons. The van der Waals surface area contributed by atoms with E-state index < -0.39 is 29.7 Å². The van der Waals surface area contributed by atoms with Gasteiger partial charge in [0.15, 0.2) is 0 Å². The van der Waals surface area contributed by atoms with Gasteiger partial charge in [0.05, 0.1) is 17.7 Å². The maximum Gasteiger partial charge on any atom is 0.266 e. The minimum absolute atomic E-state index is 0.0184. The summed E-state index contributed by atoms with van der Waals surface area (Å²) in [6.45, 7) is 0.309. The molecule has 1 unspecified atom stereocenters. The molecule has 2 N–H and O–H groups in total. The number of hydrogen-bond acceptors (Lipinski definition) is 6. The Balaban J connectivity index is 1.34. The van der Waals surface area contributed by atoms with E-state index in [1.807, 2.05) is 30.3 Å². The Labute approximate surface area is 189 Å². The zero-order valence-electron chi connectivity index (χ0n) is 17.7. The summed E-state index contributed by atoms with van der Waals surface area (Å²) in [5.74, 6) is 3.31. The number of nitrogens with zero attached hydrogens (tertiary/aromatic N) is 2. The highest BCUT2D eigenvalue weighted by molar-refractivity contribution is 6.24. The largest absolute Gasteiger partial charge is 0.492 e. The molecule has 8 heteroatoms. The smallest absolute Gasteiger partial charge is 0.266 e. The van der Waals surface area contributed by atoms with Crippen LogP contribution < -0.4 is 10.6 Å². The van der Waals surface area contributed by atoms with Crippen LogP contribution in [-0.2, 0) is 16.0 Å². The lowest BCUT2D eigenvalue weighted by Gasteiger charge is -2.31. The van der Waals surface area contributed by atoms with Crippen molar-refractivity contribution in [3.8, 4) is 5.75 Å². The molecule has 2 heterocycles. The Morgan fingerprint density at radius 3 is 2.52 bits per heavy atom. The van der Waals surface area contributed by atoms with E-state index in [1.165, 1.54) is 6.07 Å². The number of ether oxygens (including phenoxy) is 1. The number of rotatable bonds is 5. The number of hydrazine groups is 1. The van der Waals surface area contributed by atoms with Crippen LogP contribution in [0.15, 0.2) is 60.7 Å². The molecule has 4 amide bonds. The van der Waals surface area contributed by atoms with E-state index in [0.717, 1.165) is 21.2 Å². The average Bonchev–Trinajstić information content (AvgIpc) is 3.08. The van der Waals surface area contributed by atoms with Crippen LogP contribution in [0, 0.1) is 0 Å². The van der Waals surface area contributed by atoms with Gasteiger partial charge in [-0.1, -0.05) is 48.5 Å². The number of hydrogen-bond donors (Lipinski definition) is 1. The average molecular weight is 443 g/mol. The van der Waals surface area contributed by atoms with Gasteiger partial charge in [0.1, 0.15) is 11.8 Å². The molecule has 1 saturated heterocycles. The Kier molecular flexibility index (Phi) is 5.14. The molecule has 166 valence electrons. The number of fused-ring (bicyclic) bond motifs is 2. The first kappa shape index (κ1) is 20.8. The summed E-state index contributed by atoms with van der Waals surface area (Å²) in [4.78, 5) is 51.2. The van der Waals surface area contributed by atoms with Crippen LogP contribution in [0.1, 0.15) is 39.1 Å². The van der Waals surface area contributed by atoms with Crippen LogP contribution in [0.25, 0.3) is 10.8 Å². The fourth-order valence-electron chi connectivity index (χ4n) is 4.38. The third kappa shape index (κ3) is 3.54. The van der Waals surface area contributed by atoms with Crippen LogP contribution in [-0.4, -0.2) is 46.2 Å². The van der Waals surface area contributed by atoms with Gasteiger partial charge in [0.2, 0.25) is 5.91 Å². The van der Waals surface area contributed by atoms with Crippen molar-refractivity contribution in [1.82, 2.24) is 9.91 Å². The molecule has 0 aliphatic carbocycles. The fourth-order valence-corrected chi connectivity index (χ4v) is 4.38. The number of carbonyl (C=O) groups is 4. The monoisotopic (exact) mass is 443 g/mol. The Morgan fingerprint density at radius 2 is 1.70 bits per heavy atom. The van der Waals surface area contributed by atoms with Gasteiger partial charge in [-0.2, -0.15) is 0 Å². The summed E-state index contributed by atoms with van der Waals surface area (Å²) in [6.07, 6.45) is 0.649. The molecular formula is C25H21N3O5. The van der Waals surface area contributed by atoms with E-state index in [0.29, 0.717) is 18.0 Å². The quantitative estimate of drug-likeness (QED) is 0.369. The molecule has 8 nitrogen and oxygen atoms in total. The second kappa shape index (κ2) is 8.14. The van der Waals surface area contributed by atoms with Gasteiger partial charge < -0.3 is 4.74 Å². The van der Waals surface area contributed by atoms with E-state index in [-0.39, 0.29) is 29.7 Å². The first-order chi connectivity index (χ1) is 16.0. The molecule has 1 fully saturated rings. The van der Waals surface area contributed by atoms with E-state index in [2.05, 4.69) is 12.1 Å². The molecular weight excluding hydrogens is 422 g/mol. The minimum Gasteiger partial charge on any atom is -0.492 e. The lowest BCUT2D eigenvalue weighted by atomic mass is 10.0. The van der Waals surface area contributed by atoms with Crippen molar-refractivity contribution < 1.29 is 23.9 Å². The highest BCUT2D eigenvalue weighted by atomic mass is 16.5. The number of amides is 4. The lowest BCUT2D eigenvalue weighted by molar-refractivity contribution is -0.151. The number of piperidine rings is 1. The Hall–Kier alpha value is -4.04. The van der Waals surface area contributed by atoms with E-state index in [1.54, 1.807) is 12.1 Å². The zero-order chi connectivity index (χ0) is 23.1. The highest BCUT2D eigenvalue weighted by Crippen LogP contribution is 2.34. The number of benzene rings is 3. The first-order valence-corrected chi connectivity index (χ1v) is 10.7. The van der Waals surface area contributed by atoms with Gasteiger partial charge in [-0.3, -0.25) is 24.1 Å². The summed E-state index contributed by atoms with van der Waals surface area (Å²) in [5, 5.41) is 2.78. The normalized spacial score (nSPS) is 18.3. The van der Waals surface area contributed by atoms with Gasteiger partial charge in [-0.15, -0.1) is 0 Å². The summed E-state index contributed by atoms with van der Waals surface area (Å²) in [6, 6.07) is 18.0. The van der Waals surface area contributed by atoms with Gasteiger partial charge in [0, 0.05) is 12.8 Å². The second-order valence-corrected chi connectivity index (χ2v) is 8.10. The number of carbonyl (C=O) groups excluding carboxylic acids is 4. The molecule has 1 atom stereocenters. The second-order valence-electron chi connectivity index (χ2n) is 8.10. The molecule has 5 rings (SSSR count). The molecule has 0 bridgehead atoms. The standard InChI is InChI=1S/C25H21N3O5/c26-28-21(29)11-10-19(24(28)31)27-23(30)18-6-3-7-20(22(18)25(27)32)33-13-12-15-8-9-16-4-1-2-5-17(16)14-15/h1-9,14,19H,10-13,26H2. The zero-order valence-corrected chi connectivity index (χ0v) is 17.7. The van der Waals surface area contributed by atoms with Crippen LogP contribution in [0.3, 0.4) is 0 Å². The number of imide groups is 2. The number of nitrogens with two attached hydrogens (primary N) is 1. The molecule has 2 aliphatic rings. The molecule has 3 aromatic carbocycles. The van der Waals surface area contributed by atoms with Crippen molar-refractivity contribution in [1.29, 1.82) is 0 Å². The van der Waals surface area contributed by atoms with Crippen LogP contribution >= 0.6 is 0 Å². The molecule has 0 spiro atoms.